The van der Waals surface area contributed by atoms with Gasteiger partial charge in [0.1, 0.15) is 11.7 Å². The van der Waals surface area contributed by atoms with E-state index in [1.165, 1.54) is 18.0 Å². The first-order valence-electron chi connectivity index (χ1n) is 6.32. The summed E-state index contributed by atoms with van der Waals surface area (Å²) >= 11 is 1.43. The summed E-state index contributed by atoms with van der Waals surface area (Å²) in [5.41, 5.74) is 6.35. The van der Waals surface area contributed by atoms with E-state index in [1.807, 2.05) is 36.6 Å². The minimum atomic E-state index is -0.741. The maximum atomic E-state index is 12.3. The average Bonchev–Trinajstić information content (AvgIpc) is 2.91. The van der Waals surface area contributed by atoms with Crippen LogP contribution < -0.4 is 11.1 Å². The van der Waals surface area contributed by atoms with Gasteiger partial charge in [-0.15, -0.1) is 0 Å². The molecule has 0 fully saturated rings. The molecule has 0 radical (unpaired) electrons. The number of carbonyl (C=O) groups is 2. The molecule has 21 heavy (non-hydrogen) atoms. The molecule has 0 saturated heterocycles. The number of para-hydroxylation sites is 1. The fourth-order valence-electron chi connectivity index (χ4n) is 1.81. The van der Waals surface area contributed by atoms with Crippen molar-refractivity contribution in [3.8, 4) is 5.69 Å². The van der Waals surface area contributed by atoms with Gasteiger partial charge in [0.25, 0.3) is 5.91 Å². The predicted molar refractivity (Wildman–Crippen MR) is 81.5 cm³/mol. The number of imidazole rings is 1. The van der Waals surface area contributed by atoms with Gasteiger partial charge in [0.15, 0.2) is 5.16 Å². The zero-order valence-electron chi connectivity index (χ0n) is 11.7. The van der Waals surface area contributed by atoms with Gasteiger partial charge >= 0.3 is 0 Å². The summed E-state index contributed by atoms with van der Waals surface area (Å²) in [5, 5.41) is 3.25. The number of hydrogen-bond donors (Lipinski definition) is 2. The number of carbonyl (C=O) groups excluding carboxylic acids is 2. The van der Waals surface area contributed by atoms with Gasteiger partial charge < -0.3 is 11.1 Å². The first-order chi connectivity index (χ1) is 10.0. The predicted octanol–water partition coefficient (Wildman–Crippen LogP) is 1.20. The zero-order valence-corrected chi connectivity index (χ0v) is 12.6. The Balaban J connectivity index is 2.39. The Kier molecular flexibility index (Phi) is 4.64. The van der Waals surface area contributed by atoms with E-state index in [0.29, 0.717) is 10.9 Å². The van der Waals surface area contributed by atoms with E-state index in [0.717, 1.165) is 5.69 Å². The normalized spacial score (nSPS) is 11.9. The van der Waals surface area contributed by atoms with Crippen LogP contribution in [0.3, 0.4) is 0 Å². The van der Waals surface area contributed by atoms with Crippen LogP contribution in [0, 0.1) is 0 Å². The number of aromatic nitrogens is 2. The summed E-state index contributed by atoms with van der Waals surface area (Å²) in [7, 11) is 0. The van der Waals surface area contributed by atoms with Crippen LogP contribution in [0.1, 0.15) is 17.4 Å². The molecule has 0 saturated carbocycles. The second-order valence-electron chi connectivity index (χ2n) is 4.40. The summed E-state index contributed by atoms with van der Waals surface area (Å²) < 4.78 is 1.74. The molecule has 110 valence electrons. The van der Waals surface area contributed by atoms with Gasteiger partial charge in [0.2, 0.25) is 5.91 Å². The Bertz CT molecular complexity index is 654. The lowest BCUT2D eigenvalue weighted by Gasteiger charge is -2.13. The molecule has 6 nitrogen and oxygen atoms in total. The second kappa shape index (κ2) is 6.45. The minimum absolute atomic E-state index is 0.360. The molecule has 1 aromatic carbocycles. The number of amides is 2. The third kappa shape index (κ3) is 3.25. The molecular weight excluding hydrogens is 288 g/mol. The number of primary amides is 1. The summed E-state index contributed by atoms with van der Waals surface area (Å²) in [6, 6.07) is 8.69. The third-order valence-corrected chi connectivity index (χ3v) is 3.59. The van der Waals surface area contributed by atoms with E-state index >= 15 is 0 Å². The van der Waals surface area contributed by atoms with Crippen LogP contribution in [-0.4, -0.2) is 33.7 Å². The lowest BCUT2D eigenvalue weighted by Crippen LogP contribution is -2.42. The third-order valence-electron chi connectivity index (χ3n) is 2.93. The molecule has 0 aliphatic heterocycles. The molecule has 1 aromatic heterocycles. The van der Waals surface area contributed by atoms with E-state index in [2.05, 4.69) is 10.3 Å². The Morgan fingerprint density at radius 3 is 2.57 bits per heavy atom. The van der Waals surface area contributed by atoms with Crippen molar-refractivity contribution in [1.29, 1.82) is 0 Å². The second-order valence-corrected chi connectivity index (χ2v) is 5.17. The van der Waals surface area contributed by atoms with Crippen molar-refractivity contribution in [2.24, 2.45) is 5.73 Å². The number of rotatable bonds is 5. The molecule has 0 bridgehead atoms. The van der Waals surface area contributed by atoms with Crippen LogP contribution in [0.25, 0.3) is 5.69 Å². The van der Waals surface area contributed by atoms with Crippen LogP contribution in [-0.2, 0) is 4.79 Å². The van der Waals surface area contributed by atoms with Gasteiger partial charge in [0, 0.05) is 5.69 Å². The van der Waals surface area contributed by atoms with E-state index in [9.17, 15) is 9.59 Å². The van der Waals surface area contributed by atoms with Crippen molar-refractivity contribution < 1.29 is 9.59 Å². The van der Waals surface area contributed by atoms with E-state index in [-0.39, 0.29) is 0 Å². The van der Waals surface area contributed by atoms with E-state index in [1.54, 1.807) is 11.5 Å². The number of nitrogens with two attached hydrogens (primary N) is 1. The Morgan fingerprint density at radius 2 is 2.00 bits per heavy atom. The smallest absolute Gasteiger partial charge is 0.270 e. The number of nitrogens with zero attached hydrogens (tertiary/aromatic N) is 2. The highest BCUT2D eigenvalue weighted by Gasteiger charge is 2.20. The summed E-state index contributed by atoms with van der Waals surface area (Å²) in [6.45, 7) is 1.54. The molecule has 3 N–H and O–H groups in total. The van der Waals surface area contributed by atoms with Crippen molar-refractivity contribution in [2.75, 3.05) is 6.26 Å². The molecule has 0 aliphatic rings. The van der Waals surface area contributed by atoms with Gasteiger partial charge in [0.05, 0.1) is 6.20 Å². The summed E-state index contributed by atoms with van der Waals surface area (Å²) in [6.07, 6.45) is 3.37. The molecule has 2 rings (SSSR count). The molecule has 2 aromatic rings. The summed E-state index contributed by atoms with van der Waals surface area (Å²) in [4.78, 5) is 27.6. The Labute approximate surface area is 126 Å². The highest BCUT2D eigenvalue weighted by molar-refractivity contribution is 7.98. The van der Waals surface area contributed by atoms with Crippen molar-refractivity contribution in [2.45, 2.75) is 18.1 Å². The monoisotopic (exact) mass is 304 g/mol. The van der Waals surface area contributed by atoms with Crippen LogP contribution in [0.5, 0.6) is 0 Å². The van der Waals surface area contributed by atoms with Crippen molar-refractivity contribution in [1.82, 2.24) is 14.9 Å². The van der Waals surface area contributed by atoms with Crippen LogP contribution >= 0.6 is 11.8 Å². The fraction of sp³-hybridized carbons (Fsp3) is 0.214. The number of nitrogens with one attached hydrogen (secondary N) is 1. The molecule has 0 aliphatic carbocycles. The van der Waals surface area contributed by atoms with Gasteiger partial charge in [-0.2, -0.15) is 0 Å². The number of hydrogen-bond acceptors (Lipinski definition) is 4. The lowest BCUT2D eigenvalue weighted by atomic mass is 10.3. The Morgan fingerprint density at radius 1 is 1.33 bits per heavy atom. The van der Waals surface area contributed by atoms with Gasteiger partial charge in [-0.05, 0) is 25.3 Å². The highest BCUT2D eigenvalue weighted by Crippen LogP contribution is 2.21. The van der Waals surface area contributed by atoms with Gasteiger partial charge in [-0.1, -0.05) is 30.0 Å². The number of benzene rings is 1. The Hall–Kier alpha value is -2.28. The minimum Gasteiger partial charge on any atom is -0.368 e. The van der Waals surface area contributed by atoms with E-state index < -0.39 is 17.9 Å². The molecule has 1 unspecified atom stereocenters. The largest absolute Gasteiger partial charge is 0.368 e. The quantitative estimate of drug-likeness (QED) is 0.812. The van der Waals surface area contributed by atoms with Crippen LogP contribution in [0.15, 0.2) is 41.7 Å². The lowest BCUT2D eigenvalue weighted by molar-refractivity contribution is -0.119. The van der Waals surface area contributed by atoms with Gasteiger partial charge in [-0.25, -0.2) is 4.98 Å². The SMILES string of the molecule is CSc1ncc(C(=O)NC(C)C(N)=O)n1-c1ccccc1. The average molecular weight is 304 g/mol. The standard InChI is InChI=1S/C14H16N4O2S/c1-9(12(15)19)17-13(20)11-8-16-14(21-2)18(11)10-6-4-3-5-7-10/h3-9H,1-2H3,(H2,15,19)(H,17,20). The molecule has 1 atom stereocenters. The zero-order chi connectivity index (χ0) is 15.4. The fourth-order valence-corrected chi connectivity index (χ4v) is 2.35. The molecule has 1 heterocycles. The number of thioether (sulfide) groups is 1. The van der Waals surface area contributed by atoms with Crippen LogP contribution in [0.4, 0.5) is 0 Å². The first-order valence-corrected chi connectivity index (χ1v) is 7.54. The van der Waals surface area contributed by atoms with Crippen molar-refractivity contribution >= 4 is 23.6 Å². The van der Waals surface area contributed by atoms with Crippen molar-refractivity contribution in [3.05, 3.63) is 42.2 Å². The maximum Gasteiger partial charge on any atom is 0.270 e. The first kappa shape index (κ1) is 15.1. The van der Waals surface area contributed by atoms with Gasteiger partial charge in [-0.3, -0.25) is 14.2 Å². The topological polar surface area (TPSA) is 90.0 Å². The van der Waals surface area contributed by atoms with E-state index in [4.69, 9.17) is 5.73 Å². The highest BCUT2D eigenvalue weighted by atomic mass is 32.2. The summed E-state index contributed by atoms with van der Waals surface area (Å²) in [5.74, 6) is -0.975. The molecular formula is C14H16N4O2S. The van der Waals surface area contributed by atoms with Crippen molar-refractivity contribution in [3.63, 3.8) is 0 Å². The molecule has 0 spiro atoms. The molecule has 2 amide bonds. The van der Waals surface area contributed by atoms with Crippen LogP contribution in [0.2, 0.25) is 0 Å². The molecule has 7 heteroatoms. The maximum absolute atomic E-state index is 12.3.